The Hall–Kier alpha value is -7.99. The molecule has 0 spiro atoms. The summed E-state index contributed by atoms with van der Waals surface area (Å²) in [4.78, 5) is 171. The normalized spacial score (nSPS) is 22.3. The van der Waals surface area contributed by atoms with Gasteiger partial charge < -0.3 is 90.6 Å². The van der Waals surface area contributed by atoms with Gasteiger partial charge in [-0.3, -0.25) is 57.7 Å². The first-order valence-electron chi connectivity index (χ1n) is 32.3. The number of likely N-dealkylation sites (N-methyl/N-ethyl adjacent to an activating group) is 1. The van der Waals surface area contributed by atoms with Gasteiger partial charge in [0.25, 0.3) is 0 Å². The van der Waals surface area contributed by atoms with Gasteiger partial charge in [0.15, 0.2) is 5.96 Å². The number of nitrogens with two attached hydrogens (primary N) is 3. The molecule has 514 valence electrons. The molecule has 1 aliphatic heterocycles. The number of primary amides is 1. The SMILES string of the molecule is CC[C@H](C)[C@H](NC(=O)[C@@H](Cc1ccccc1)NC)C(=O)N[C@@H](CO)C(=O)N[C@H](CCC(N)=O)C(=O)N[C@@H](C(=O)NC(C(=O)N[C@@H](CO)C(=O)N[C@H]1C(=O)N[C@@H](C)C(=O)N[C@@H](CCCN=C(N)N)C(=O)NC(C2CCCCC2)C(=O)O[C@H]1C)C1CCCCC1)[C@@H](C)CC. The minimum Gasteiger partial charge on any atom is -0.458 e. The number of aliphatic hydroxyl groups is 2. The van der Waals surface area contributed by atoms with E-state index in [-0.39, 0.29) is 37.7 Å². The minimum absolute atomic E-state index is 0.0456. The molecule has 11 amide bonds. The van der Waals surface area contributed by atoms with Crippen LogP contribution in [0.1, 0.15) is 150 Å². The molecular formula is C62H101N15O15. The first kappa shape index (κ1) is 76.5. The molecule has 3 aliphatic rings. The van der Waals surface area contributed by atoms with Crippen molar-refractivity contribution in [3.8, 4) is 0 Å². The number of hydrogen-bond acceptors (Lipinski definition) is 17. The monoisotopic (exact) mass is 1300 g/mol. The lowest BCUT2D eigenvalue weighted by atomic mass is 9.83. The van der Waals surface area contributed by atoms with Crippen LogP contribution in [0.2, 0.25) is 0 Å². The maximum atomic E-state index is 14.7. The molecule has 0 aromatic heterocycles. The molecule has 0 bridgehead atoms. The number of amides is 11. The van der Waals surface area contributed by atoms with Crippen molar-refractivity contribution < 1.29 is 72.5 Å². The van der Waals surface area contributed by atoms with Crippen molar-refractivity contribution in [2.45, 2.75) is 223 Å². The topological polar surface area (TPSA) is 477 Å². The van der Waals surface area contributed by atoms with Crippen LogP contribution in [0.3, 0.4) is 0 Å². The molecule has 4 rings (SSSR count). The Morgan fingerprint density at radius 2 is 1.16 bits per heavy atom. The summed E-state index contributed by atoms with van der Waals surface area (Å²) in [5.74, 6) is -12.7. The minimum atomic E-state index is -1.80. The van der Waals surface area contributed by atoms with E-state index in [1.807, 2.05) is 30.3 Å². The van der Waals surface area contributed by atoms with Gasteiger partial charge in [-0.25, -0.2) is 4.79 Å². The lowest BCUT2D eigenvalue weighted by molar-refractivity contribution is -0.158. The summed E-state index contributed by atoms with van der Waals surface area (Å²) in [7, 11) is 1.60. The largest absolute Gasteiger partial charge is 0.458 e. The van der Waals surface area contributed by atoms with E-state index in [1.165, 1.54) is 13.8 Å². The predicted octanol–water partition coefficient (Wildman–Crippen LogP) is -2.81. The average Bonchev–Trinajstić information content (AvgIpc) is 1.32. The fraction of sp³-hybridized carbons (Fsp3) is 0.694. The molecule has 0 radical (unpaired) electrons. The van der Waals surface area contributed by atoms with Crippen molar-refractivity contribution in [1.29, 1.82) is 0 Å². The Morgan fingerprint density at radius 1 is 0.630 bits per heavy atom. The van der Waals surface area contributed by atoms with Crippen molar-refractivity contribution in [3.05, 3.63) is 35.9 Å². The van der Waals surface area contributed by atoms with Crippen LogP contribution in [-0.4, -0.2) is 186 Å². The number of guanidine groups is 1. The number of aliphatic hydroxyl groups excluding tert-OH is 2. The number of aliphatic imine (C=N–C) groups is 1. The molecule has 1 heterocycles. The van der Waals surface area contributed by atoms with E-state index in [0.717, 1.165) is 31.2 Å². The number of nitrogens with zero attached hydrogens (tertiary/aromatic N) is 1. The van der Waals surface area contributed by atoms with Crippen molar-refractivity contribution in [2.24, 2.45) is 45.9 Å². The van der Waals surface area contributed by atoms with Crippen LogP contribution < -0.4 is 75.7 Å². The van der Waals surface area contributed by atoms with Gasteiger partial charge in [0.2, 0.25) is 65.0 Å². The highest BCUT2D eigenvalue weighted by molar-refractivity contribution is 5.99. The zero-order valence-electron chi connectivity index (χ0n) is 54.1. The summed E-state index contributed by atoms with van der Waals surface area (Å²) in [5, 5.41) is 50.2. The summed E-state index contributed by atoms with van der Waals surface area (Å²) in [6, 6.07) is -6.09. The maximum absolute atomic E-state index is 14.7. The highest BCUT2D eigenvalue weighted by Gasteiger charge is 2.42. The third-order valence-corrected chi connectivity index (χ3v) is 17.5. The first-order valence-corrected chi connectivity index (χ1v) is 32.3. The summed E-state index contributed by atoms with van der Waals surface area (Å²) in [6.07, 6.45) is 5.49. The summed E-state index contributed by atoms with van der Waals surface area (Å²) >= 11 is 0. The van der Waals surface area contributed by atoms with E-state index >= 15 is 0 Å². The van der Waals surface area contributed by atoms with Crippen molar-refractivity contribution in [3.63, 3.8) is 0 Å². The van der Waals surface area contributed by atoms with Crippen LogP contribution in [0.5, 0.6) is 0 Å². The zero-order chi connectivity index (χ0) is 68.2. The first-order chi connectivity index (χ1) is 43.8. The van der Waals surface area contributed by atoms with E-state index < -0.39 is 187 Å². The molecule has 2 saturated carbocycles. The number of esters is 1. The highest BCUT2D eigenvalue weighted by atomic mass is 16.5. The number of cyclic esters (lactones) is 1. The number of rotatable bonds is 32. The number of hydrogen-bond donors (Lipinski definition) is 16. The Kier molecular flexibility index (Phi) is 32.2. The molecule has 2 aliphatic carbocycles. The van der Waals surface area contributed by atoms with Gasteiger partial charge in [0, 0.05) is 13.0 Å². The molecule has 1 saturated heterocycles. The lowest BCUT2D eigenvalue weighted by Crippen LogP contribution is -2.63. The van der Waals surface area contributed by atoms with E-state index in [2.05, 4.69) is 63.5 Å². The van der Waals surface area contributed by atoms with Crippen LogP contribution >= 0.6 is 0 Å². The second kappa shape index (κ2) is 38.8. The van der Waals surface area contributed by atoms with E-state index in [9.17, 15) is 67.7 Å². The van der Waals surface area contributed by atoms with Gasteiger partial charge in [-0.2, -0.15) is 0 Å². The molecule has 30 nitrogen and oxygen atoms in total. The fourth-order valence-corrected chi connectivity index (χ4v) is 11.4. The molecule has 14 atom stereocenters. The van der Waals surface area contributed by atoms with Gasteiger partial charge in [-0.05, 0) is 101 Å². The van der Waals surface area contributed by atoms with Crippen LogP contribution in [0.4, 0.5) is 0 Å². The van der Waals surface area contributed by atoms with Gasteiger partial charge >= 0.3 is 5.97 Å². The van der Waals surface area contributed by atoms with Crippen molar-refractivity contribution in [1.82, 2.24) is 58.5 Å². The number of benzene rings is 1. The third kappa shape index (κ3) is 23.9. The summed E-state index contributed by atoms with van der Waals surface area (Å²) in [5.41, 5.74) is 17.3. The van der Waals surface area contributed by atoms with Crippen LogP contribution in [0, 0.1) is 23.7 Å². The number of carbonyl (C=O) groups excluding carboxylic acids is 12. The molecular weight excluding hydrogens is 1190 g/mol. The van der Waals surface area contributed by atoms with Gasteiger partial charge in [-0.15, -0.1) is 0 Å². The Labute approximate surface area is 537 Å². The van der Waals surface area contributed by atoms with E-state index in [0.29, 0.717) is 51.4 Å². The third-order valence-electron chi connectivity index (χ3n) is 17.5. The van der Waals surface area contributed by atoms with Crippen LogP contribution in [0.25, 0.3) is 0 Å². The fourth-order valence-electron chi connectivity index (χ4n) is 11.4. The highest BCUT2D eigenvalue weighted by Crippen LogP contribution is 2.29. The molecule has 1 aromatic carbocycles. The quantitative estimate of drug-likeness (QED) is 0.0150. The zero-order valence-corrected chi connectivity index (χ0v) is 54.1. The van der Waals surface area contributed by atoms with Crippen molar-refractivity contribution in [2.75, 3.05) is 26.8 Å². The maximum Gasteiger partial charge on any atom is 0.329 e. The van der Waals surface area contributed by atoms with Crippen LogP contribution in [0.15, 0.2) is 35.3 Å². The molecule has 30 heteroatoms. The Morgan fingerprint density at radius 3 is 1.72 bits per heavy atom. The van der Waals surface area contributed by atoms with Gasteiger partial charge in [0.05, 0.1) is 19.3 Å². The second-order valence-electron chi connectivity index (χ2n) is 24.5. The Balaban J connectivity index is 1.56. The van der Waals surface area contributed by atoms with Crippen LogP contribution in [-0.2, 0) is 68.7 Å². The lowest BCUT2D eigenvalue weighted by Gasteiger charge is -2.34. The van der Waals surface area contributed by atoms with E-state index in [1.54, 1.807) is 34.7 Å². The Bertz CT molecular complexity index is 2690. The number of nitrogens with one attached hydrogen (secondary N) is 11. The summed E-state index contributed by atoms with van der Waals surface area (Å²) < 4.78 is 5.87. The molecule has 92 heavy (non-hydrogen) atoms. The predicted molar refractivity (Wildman–Crippen MR) is 338 cm³/mol. The smallest absolute Gasteiger partial charge is 0.329 e. The van der Waals surface area contributed by atoms with Crippen molar-refractivity contribution >= 4 is 76.9 Å². The van der Waals surface area contributed by atoms with Gasteiger partial charge in [0.1, 0.15) is 66.5 Å². The number of carbonyl (C=O) groups is 12. The van der Waals surface area contributed by atoms with E-state index in [4.69, 9.17) is 21.9 Å². The summed E-state index contributed by atoms with van der Waals surface area (Å²) in [6.45, 7) is 7.65. The molecule has 2 unspecified atom stereocenters. The second-order valence-corrected chi connectivity index (χ2v) is 24.5. The average molecular weight is 1300 g/mol. The molecule has 19 N–H and O–H groups in total. The standard InChI is InChI=1S/C62H101N15O15/c1-8-33(3)46(74-54(84)42(66-7)30-37-20-13-10-14-21-37)57(87)71-43(31-78)55(85)70-41(27-28-45(63)80)53(83)73-47(34(4)9-2)58(88)76-49(38-22-15-11-16-23-38)60(90)72-44(32-79)56(86)75-48-36(6)92-61(91)50(39-24-17-12-18-25-39)77-52(82)40(26-19-29-67-62(64)65)69-51(81)35(5)68-59(48)89/h10,13-14,20-21,33-36,38-44,46-50,66,78-79H,8-9,11-12,15-19,22-32H2,1-7H3,(H2,63,80)(H,68,89)(H,69,81)(H,70,85)(H,71,87)(H,72,90)(H,73,83)(H,74,84)(H,75,86)(H,76,88)(H,77,82)(H4,64,65,67)/t33-,34-,35-,36-,40-,41+,42+,43-,44-,46-,47+,48+,49?,50?/m0/s1. The number of ether oxygens (including phenoxy) is 1. The molecule has 1 aromatic rings. The van der Waals surface area contributed by atoms with Gasteiger partial charge in [-0.1, -0.05) is 109 Å². The molecule has 3 fully saturated rings.